The molecule has 0 radical (unpaired) electrons. The Balaban J connectivity index is 1.69. The maximum absolute atomic E-state index is 13.5. The maximum atomic E-state index is 13.5. The molecule has 0 aromatic heterocycles. The fraction of sp³-hybridized carbons (Fsp3) is 0.704. The summed E-state index contributed by atoms with van der Waals surface area (Å²) in [4.78, 5) is 0. The van der Waals surface area contributed by atoms with E-state index in [9.17, 15) is 4.39 Å². The smallest absolute Gasteiger partial charge is 0.123 e. The van der Waals surface area contributed by atoms with Crippen LogP contribution in [0.1, 0.15) is 121 Å². The van der Waals surface area contributed by atoms with Crippen molar-refractivity contribution in [2.24, 2.45) is 5.41 Å². The monoisotopic (exact) mass is 384 g/mol. The SMILES string of the molecule is CCCCCC1(CCC(CC2=CCCCC2)c2ccc(F)cc2)CCCCC1. The van der Waals surface area contributed by atoms with Gasteiger partial charge in [0, 0.05) is 0 Å². The first kappa shape index (κ1) is 21.6. The molecule has 1 saturated carbocycles. The molecule has 0 N–H and O–H groups in total. The molecule has 0 bridgehead atoms. The van der Waals surface area contributed by atoms with Crippen LogP contribution in [0.15, 0.2) is 35.9 Å². The average Bonchev–Trinajstić information content (AvgIpc) is 2.73. The van der Waals surface area contributed by atoms with Gasteiger partial charge in [0.15, 0.2) is 0 Å². The van der Waals surface area contributed by atoms with E-state index in [0.717, 1.165) is 0 Å². The summed E-state index contributed by atoms with van der Waals surface area (Å²) in [6.45, 7) is 2.32. The summed E-state index contributed by atoms with van der Waals surface area (Å²) in [5, 5.41) is 0. The molecule has 1 aromatic carbocycles. The third-order valence-corrected chi connectivity index (χ3v) is 7.48. The second-order valence-electron chi connectivity index (χ2n) is 9.62. The van der Waals surface area contributed by atoms with E-state index in [2.05, 4.69) is 13.0 Å². The van der Waals surface area contributed by atoms with Gasteiger partial charge in [0.25, 0.3) is 0 Å². The summed E-state index contributed by atoms with van der Waals surface area (Å²) in [5.74, 6) is 0.456. The second kappa shape index (κ2) is 11.2. The zero-order valence-corrected chi connectivity index (χ0v) is 18.2. The van der Waals surface area contributed by atoms with Crippen LogP contribution < -0.4 is 0 Å². The first-order valence-corrected chi connectivity index (χ1v) is 12.1. The van der Waals surface area contributed by atoms with Gasteiger partial charge in [-0.3, -0.25) is 0 Å². The van der Waals surface area contributed by atoms with Crippen LogP contribution in [-0.4, -0.2) is 0 Å². The summed E-state index contributed by atoms with van der Waals surface area (Å²) in [6.07, 6.45) is 24.3. The first-order chi connectivity index (χ1) is 13.7. The minimum Gasteiger partial charge on any atom is -0.207 e. The minimum absolute atomic E-state index is 0.109. The summed E-state index contributed by atoms with van der Waals surface area (Å²) < 4.78 is 13.5. The lowest BCUT2D eigenvalue weighted by molar-refractivity contribution is 0.144. The van der Waals surface area contributed by atoms with Gasteiger partial charge in [-0.2, -0.15) is 0 Å². The van der Waals surface area contributed by atoms with Gasteiger partial charge in [0.1, 0.15) is 5.82 Å². The molecule has 0 amide bonds. The van der Waals surface area contributed by atoms with Gasteiger partial charge < -0.3 is 0 Å². The zero-order chi connectivity index (χ0) is 19.7. The summed E-state index contributed by atoms with van der Waals surface area (Å²) in [6, 6.07) is 7.42. The van der Waals surface area contributed by atoms with Gasteiger partial charge in [0.2, 0.25) is 0 Å². The fourth-order valence-corrected chi connectivity index (χ4v) is 5.69. The van der Waals surface area contributed by atoms with E-state index in [1.165, 1.54) is 108 Å². The molecule has 156 valence electrons. The van der Waals surface area contributed by atoms with Gasteiger partial charge in [-0.05, 0) is 93.2 Å². The lowest BCUT2D eigenvalue weighted by atomic mass is 9.66. The molecular weight excluding hydrogens is 343 g/mol. The molecule has 2 aliphatic rings. The lowest BCUT2D eigenvalue weighted by Crippen LogP contribution is -2.25. The van der Waals surface area contributed by atoms with E-state index in [0.29, 0.717) is 11.3 Å². The minimum atomic E-state index is -0.109. The Morgan fingerprint density at radius 2 is 1.71 bits per heavy atom. The van der Waals surface area contributed by atoms with Crippen molar-refractivity contribution in [2.45, 2.75) is 116 Å². The number of benzene rings is 1. The lowest BCUT2D eigenvalue weighted by Gasteiger charge is -2.39. The van der Waals surface area contributed by atoms with Crippen molar-refractivity contribution < 1.29 is 4.39 Å². The summed E-state index contributed by atoms with van der Waals surface area (Å²) >= 11 is 0. The van der Waals surface area contributed by atoms with Crippen LogP contribution in [0.2, 0.25) is 0 Å². The van der Waals surface area contributed by atoms with Crippen molar-refractivity contribution in [3.05, 3.63) is 47.3 Å². The van der Waals surface area contributed by atoms with Crippen molar-refractivity contribution >= 4 is 0 Å². The maximum Gasteiger partial charge on any atom is 0.123 e. The average molecular weight is 385 g/mol. The highest BCUT2D eigenvalue weighted by atomic mass is 19.1. The Hall–Kier alpha value is -1.11. The third kappa shape index (κ3) is 6.46. The van der Waals surface area contributed by atoms with Gasteiger partial charge >= 0.3 is 0 Å². The fourth-order valence-electron chi connectivity index (χ4n) is 5.69. The molecule has 0 heterocycles. The Labute approximate surface area is 173 Å². The Kier molecular flexibility index (Phi) is 8.62. The highest BCUT2D eigenvalue weighted by Gasteiger charge is 2.32. The van der Waals surface area contributed by atoms with Gasteiger partial charge in [-0.1, -0.05) is 69.2 Å². The van der Waals surface area contributed by atoms with E-state index < -0.39 is 0 Å². The van der Waals surface area contributed by atoms with Crippen LogP contribution in [0, 0.1) is 11.2 Å². The highest BCUT2D eigenvalue weighted by molar-refractivity contribution is 5.23. The molecule has 3 rings (SSSR count). The molecule has 1 fully saturated rings. The molecule has 28 heavy (non-hydrogen) atoms. The topological polar surface area (TPSA) is 0 Å². The van der Waals surface area contributed by atoms with E-state index in [1.807, 2.05) is 12.1 Å². The standard InChI is InChI=1S/C27H41F/c1-2-3-8-18-27(19-9-5-10-20-27)21-17-25(22-23-11-6-4-7-12-23)24-13-15-26(28)16-14-24/h11,13-16,25H,2-10,12,17-22H2,1H3. The number of rotatable bonds is 10. The number of hydrogen-bond donors (Lipinski definition) is 0. The Bertz CT molecular complexity index is 591. The molecule has 0 spiro atoms. The molecular formula is C27H41F. The molecule has 0 saturated heterocycles. The Morgan fingerprint density at radius 3 is 2.39 bits per heavy atom. The van der Waals surface area contributed by atoms with E-state index in [1.54, 1.807) is 17.7 Å². The molecule has 0 nitrogen and oxygen atoms in total. The second-order valence-corrected chi connectivity index (χ2v) is 9.62. The predicted molar refractivity (Wildman–Crippen MR) is 119 cm³/mol. The first-order valence-electron chi connectivity index (χ1n) is 12.1. The number of hydrogen-bond acceptors (Lipinski definition) is 0. The number of halogens is 1. The van der Waals surface area contributed by atoms with Crippen LogP contribution >= 0.6 is 0 Å². The largest absolute Gasteiger partial charge is 0.207 e. The quantitative estimate of drug-likeness (QED) is 0.279. The van der Waals surface area contributed by atoms with E-state index in [-0.39, 0.29) is 5.82 Å². The van der Waals surface area contributed by atoms with Crippen LogP contribution in [-0.2, 0) is 0 Å². The molecule has 2 aliphatic carbocycles. The third-order valence-electron chi connectivity index (χ3n) is 7.48. The Morgan fingerprint density at radius 1 is 0.929 bits per heavy atom. The van der Waals surface area contributed by atoms with Gasteiger partial charge in [-0.15, -0.1) is 0 Å². The summed E-state index contributed by atoms with van der Waals surface area (Å²) in [7, 11) is 0. The predicted octanol–water partition coefficient (Wildman–Crippen LogP) is 9.11. The number of allylic oxidation sites excluding steroid dienone is 2. The molecule has 1 aromatic rings. The molecule has 0 aliphatic heterocycles. The molecule has 1 heteroatoms. The van der Waals surface area contributed by atoms with Crippen molar-refractivity contribution in [2.75, 3.05) is 0 Å². The zero-order valence-electron chi connectivity index (χ0n) is 18.2. The van der Waals surface area contributed by atoms with Crippen LogP contribution in [0.5, 0.6) is 0 Å². The van der Waals surface area contributed by atoms with Crippen molar-refractivity contribution in [3.8, 4) is 0 Å². The van der Waals surface area contributed by atoms with Crippen molar-refractivity contribution in [1.82, 2.24) is 0 Å². The van der Waals surface area contributed by atoms with Crippen LogP contribution in [0.4, 0.5) is 4.39 Å². The van der Waals surface area contributed by atoms with Crippen molar-refractivity contribution in [3.63, 3.8) is 0 Å². The summed E-state index contributed by atoms with van der Waals surface area (Å²) in [5.41, 5.74) is 3.60. The van der Waals surface area contributed by atoms with E-state index >= 15 is 0 Å². The van der Waals surface area contributed by atoms with Crippen molar-refractivity contribution in [1.29, 1.82) is 0 Å². The van der Waals surface area contributed by atoms with E-state index in [4.69, 9.17) is 0 Å². The highest BCUT2D eigenvalue weighted by Crippen LogP contribution is 2.46. The van der Waals surface area contributed by atoms with Crippen LogP contribution in [0.3, 0.4) is 0 Å². The molecule has 1 atom stereocenters. The molecule has 1 unspecified atom stereocenters. The normalized spacial score (nSPS) is 20.6. The number of unbranched alkanes of at least 4 members (excludes halogenated alkanes) is 2. The van der Waals surface area contributed by atoms with Gasteiger partial charge in [-0.25, -0.2) is 4.39 Å². The van der Waals surface area contributed by atoms with Gasteiger partial charge in [0.05, 0.1) is 0 Å². The van der Waals surface area contributed by atoms with Crippen LogP contribution in [0.25, 0.3) is 0 Å².